The van der Waals surface area contributed by atoms with Crippen molar-refractivity contribution >= 4 is 12.0 Å². The van der Waals surface area contributed by atoms with Gasteiger partial charge in [0.1, 0.15) is 0 Å². The van der Waals surface area contributed by atoms with E-state index in [0.717, 1.165) is 30.6 Å². The summed E-state index contributed by atoms with van der Waals surface area (Å²) in [6.07, 6.45) is 21.8. The molecule has 222 valence electrons. The Morgan fingerprint density at radius 2 is 1.36 bits per heavy atom. The second-order valence-corrected chi connectivity index (χ2v) is 11.6. The number of rotatable bonds is 21. The van der Waals surface area contributed by atoms with E-state index in [1.54, 1.807) is 0 Å². The Labute approximate surface area is 238 Å². The number of nitrogens with zero attached hydrogens (tertiary/aromatic N) is 2. The van der Waals surface area contributed by atoms with Gasteiger partial charge in [-0.15, -0.1) is 0 Å². The third kappa shape index (κ3) is 14.2. The van der Waals surface area contributed by atoms with Crippen LogP contribution in [-0.4, -0.2) is 60.1 Å². The van der Waals surface area contributed by atoms with Gasteiger partial charge in [-0.3, -0.25) is 9.69 Å². The molecule has 0 saturated carbocycles. The Hall–Kier alpha value is -2.08. The zero-order chi connectivity index (χ0) is 28.1. The van der Waals surface area contributed by atoms with Crippen molar-refractivity contribution in [1.82, 2.24) is 15.1 Å². The minimum atomic E-state index is -0.876. The van der Waals surface area contributed by atoms with Crippen LogP contribution in [0.3, 0.4) is 0 Å². The number of unbranched alkanes of at least 4 members (excludes halogenated alkanes) is 15. The molecule has 0 radical (unpaired) electrons. The third-order valence-electron chi connectivity index (χ3n) is 8.22. The van der Waals surface area contributed by atoms with Crippen LogP contribution in [0, 0.1) is 0 Å². The first-order valence-electron chi connectivity index (χ1n) is 16.1. The van der Waals surface area contributed by atoms with Gasteiger partial charge in [0.05, 0.1) is 6.04 Å². The molecule has 6 nitrogen and oxygen atoms in total. The predicted octanol–water partition coefficient (Wildman–Crippen LogP) is 7.96. The van der Waals surface area contributed by atoms with E-state index in [1.807, 2.05) is 31.3 Å². The topological polar surface area (TPSA) is 72.9 Å². The normalized spacial score (nSPS) is 15.9. The van der Waals surface area contributed by atoms with E-state index in [1.165, 1.54) is 101 Å². The molecule has 6 heteroatoms. The summed E-state index contributed by atoms with van der Waals surface area (Å²) in [4.78, 5) is 28.0. The summed E-state index contributed by atoms with van der Waals surface area (Å²) < 4.78 is 0. The lowest BCUT2D eigenvalue weighted by atomic mass is 9.94. The first kappa shape index (κ1) is 33.1. The summed E-state index contributed by atoms with van der Waals surface area (Å²) >= 11 is 0. The average Bonchev–Trinajstić information content (AvgIpc) is 2.93. The highest BCUT2D eigenvalue weighted by atomic mass is 16.4. The second kappa shape index (κ2) is 20.8. The highest BCUT2D eigenvalue weighted by Crippen LogP contribution is 2.28. The van der Waals surface area contributed by atoms with Crippen molar-refractivity contribution in [2.75, 3.05) is 33.2 Å². The minimum Gasteiger partial charge on any atom is -0.465 e. The van der Waals surface area contributed by atoms with Gasteiger partial charge in [0.25, 0.3) is 0 Å². The number of hydrogen-bond acceptors (Lipinski definition) is 3. The lowest BCUT2D eigenvalue weighted by Gasteiger charge is -2.39. The molecule has 2 rings (SSSR count). The largest absolute Gasteiger partial charge is 0.465 e. The number of benzene rings is 1. The van der Waals surface area contributed by atoms with E-state index in [0.29, 0.717) is 25.9 Å². The van der Waals surface area contributed by atoms with Crippen LogP contribution in [0.4, 0.5) is 4.79 Å². The van der Waals surface area contributed by atoms with Crippen molar-refractivity contribution in [2.24, 2.45) is 0 Å². The van der Waals surface area contributed by atoms with E-state index < -0.39 is 6.09 Å². The summed E-state index contributed by atoms with van der Waals surface area (Å²) in [6, 6.07) is 7.80. The minimum absolute atomic E-state index is 0.0848. The smallest absolute Gasteiger partial charge is 0.407 e. The van der Waals surface area contributed by atoms with Crippen LogP contribution in [0.1, 0.15) is 133 Å². The summed E-state index contributed by atoms with van der Waals surface area (Å²) in [5.41, 5.74) is 2.10. The monoisotopic (exact) mass is 543 g/mol. The molecule has 1 aliphatic rings. The third-order valence-corrected chi connectivity index (χ3v) is 8.22. The lowest BCUT2D eigenvalue weighted by Crippen LogP contribution is -2.49. The number of carbonyl (C=O) groups excluding carboxylic acids is 1. The zero-order valence-corrected chi connectivity index (χ0v) is 25.1. The van der Waals surface area contributed by atoms with Crippen LogP contribution in [-0.2, 0) is 11.2 Å². The van der Waals surface area contributed by atoms with Gasteiger partial charge in [0.2, 0.25) is 5.91 Å². The van der Waals surface area contributed by atoms with Gasteiger partial charge in [0.15, 0.2) is 0 Å². The summed E-state index contributed by atoms with van der Waals surface area (Å²) in [7, 11) is 2.03. The van der Waals surface area contributed by atoms with Crippen LogP contribution in [0.2, 0.25) is 0 Å². The first-order chi connectivity index (χ1) is 19.0. The van der Waals surface area contributed by atoms with Crippen LogP contribution >= 0.6 is 0 Å². The molecule has 0 bridgehead atoms. The van der Waals surface area contributed by atoms with Gasteiger partial charge in [-0.2, -0.15) is 0 Å². The maximum absolute atomic E-state index is 12.5. The maximum Gasteiger partial charge on any atom is 0.407 e. The second-order valence-electron chi connectivity index (χ2n) is 11.6. The van der Waals surface area contributed by atoms with E-state index in [9.17, 15) is 14.7 Å². The van der Waals surface area contributed by atoms with Crippen molar-refractivity contribution < 1.29 is 14.7 Å². The van der Waals surface area contributed by atoms with Crippen LogP contribution in [0.5, 0.6) is 0 Å². The fraction of sp³-hybridized carbons (Fsp3) is 0.758. The predicted molar refractivity (Wildman–Crippen MR) is 162 cm³/mol. The van der Waals surface area contributed by atoms with E-state index >= 15 is 0 Å². The van der Waals surface area contributed by atoms with Crippen LogP contribution in [0.25, 0.3) is 0 Å². The first-order valence-corrected chi connectivity index (χ1v) is 16.1. The number of piperazine rings is 1. The number of aryl methyl sites for hydroxylation is 1. The Kier molecular flexibility index (Phi) is 17.6. The number of carbonyl (C=O) groups is 2. The molecule has 1 aromatic carbocycles. The van der Waals surface area contributed by atoms with Gasteiger partial charge < -0.3 is 15.3 Å². The lowest BCUT2D eigenvalue weighted by molar-refractivity contribution is -0.121. The van der Waals surface area contributed by atoms with Crippen molar-refractivity contribution in [3.05, 3.63) is 35.4 Å². The molecular formula is C33H57N3O3. The quantitative estimate of drug-likeness (QED) is 0.154. The Balaban J connectivity index is 1.49. The molecule has 1 fully saturated rings. The number of carboxylic acid groups (broad SMARTS) is 1. The molecule has 1 heterocycles. The standard InChI is InChI=1S/C33H57N3O3/c1-3-4-5-6-7-8-9-10-11-12-13-14-15-16-17-20-25-34-32(37)24-23-29-21-18-19-22-30(29)31-28-35(2)26-27-36(31)33(38)39/h18-19,21-22,31H,3-17,20,23-28H2,1-2H3,(H,34,37)(H,38,39). The SMILES string of the molecule is CCCCCCCCCCCCCCCCCCNC(=O)CCc1ccccc1C1CN(C)CCN1C(=O)O. The fourth-order valence-electron chi connectivity index (χ4n) is 5.74. The molecule has 1 saturated heterocycles. The van der Waals surface area contributed by atoms with Crippen molar-refractivity contribution in [3.8, 4) is 0 Å². The molecule has 2 amide bonds. The molecule has 1 aliphatic heterocycles. The van der Waals surface area contributed by atoms with Crippen molar-refractivity contribution in [1.29, 1.82) is 0 Å². The van der Waals surface area contributed by atoms with E-state index in [-0.39, 0.29) is 11.9 Å². The Bertz CT molecular complexity index is 800. The molecule has 39 heavy (non-hydrogen) atoms. The molecule has 0 aromatic heterocycles. The Morgan fingerprint density at radius 3 is 1.92 bits per heavy atom. The summed E-state index contributed by atoms with van der Waals surface area (Å²) in [5.74, 6) is 0.0848. The van der Waals surface area contributed by atoms with Crippen molar-refractivity contribution in [3.63, 3.8) is 0 Å². The van der Waals surface area contributed by atoms with E-state index in [4.69, 9.17) is 0 Å². The van der Waals surface area contributed by atoms with E-state index in [2.05, 4.69) is 17.1 Å². The number of likely N-dealkylation sites (N-methyl/N-ethyl adjacent to an activating group) is 1. The molecule has 1 atom stereocenters. The Morgan fingerprint density at radius 1 is 0.821 bits per heavy atom. The summed E-state index contributed by atoms with van der Waals surface area (Å²) in [6.45, 7) is 4.95. The van der Waals surface area contributed by atoms with Gasteiger partial charge in [-0.25, -0.2) is 4.79 Å². The fourth-order valence-corrected chi connectivity index (χ4v) is 5.74. The maximum atomic E-state index is 12.5. The number of hydrogen-bond donors (Lipinski definition) is 2. The zero-order valence-electron chi connectivity index (χ0n) is 25.1. The number of amides is 2. The van der Waals surface area contributed by atoms with Gasteiger partial charge in [-0.05, 0) is 31.0 Å². The molecule has 2 N–H and O–H groups in total. The van der Waals surface area contributed by atoms with Gasteiger partial charge in [0, 0.05) is 32.6 Å². The molecule has 0 aliphatic carbocycles. The summed E-state index contributed by atoms with van der Waals surface area (Å²) in [5, 5.41) is 12.8. The van der Waals surface area contributed by atoms with Crippen LogP contribution in [0.15, 0.2) is 24.3 Å². The average molecular weight is 544 g/mol. The van der Waals surface area contributed by atoms with Crippen LogP contribution < -0.4 is 5.32 Å². The molecular weight excluding hydrogens is 486 g/mol. The molecule has 0 spiro atoms. The molecule has 1 unspecified atom stereocenters. The highest BCUT2D eigenvalue weighted by molar-refractivity contribution is 5.76. The van der Waals surface area contributed by atoms with Gasteiger partial charge in [-0.1, -0.05) is 128 Å². The molecule has 1 aromatic rings. The highest BCUT2D eigenvalue weighted by Gasteiger charge is 2.31. The van der Waals surface area contributed by atoms with Crippen molar-refractivity contribution in [2.45, 2.75) is 129 Å². The number of nitrogens with one attached hydrogen (secondary N) is 1. The van der Waals surface area contributed by atoms with Gasteiger partial charge >= 0.3 is 6.09 Å².